The Hall–Kier alpha value is -3.98. The molecule has 0 saturated heterocycles. The summed E-state index contributed by atoms with van der Waals surface area (Å²) in [4.78, 5) is 16.6. The van der Waals surface area contributed by atoms with Gasteiger partial charge in [0.05, 0.1) is 5.56 Å². The van der Waals surface area contributed by atoms with Crippen molar-refractivity contribution in [2.75, 3.05) is 11.1 Å². The van der Waals surface area contributed by atoms with Crippen LogP contribution in [-0.4, -0.2) is 19.9 Å². The van der Waals surface area contributed by atoms with Gasteiger partial charge < -0.3 is 11.1 Å². The van der Waals surface area contributed by atoms with Crippen LogP contribution in [0.3, 0.4) is 0 Å². The molecule has 4 rings (SSSR count). The number of nitrogen functional groups attached to an aromatic ring is 1. The molecule has 31 heavy (non-hydrogen) atoms. The SMILES string of the molecule is Nc1nc(N=Nc2ncccn2)nc(NCc2c(F)cccc2Cl)c1-c1ccccc1. The molecule has 8 nitrogen and oxygen atoms in total. The molecule has 4 aromatic rings. The van der Waals surface area contributed by atoms with Gasteiger partial charge in [-0.15, -0.1) is 10.2 Å². The van der Waals surface area contributed by atoms with Gasteiger partial charge in [0.1, 0.15) is 17.5 Å². The van der Waals surface area contributed by atoms with Gasteiger partial charge in [-0.1, -0.05) is 48.0 Å². The number of anilines is 2. The third-order valence-corrected chi connectivity index (χ3v) is 4.62. The Bertz CT molecular complexity index is 1200. The summed E-state index contributed by atoms with van der Waals surface area (Å²) in [6.07, 6.45) is 3.08. The first kappa shape index (κ1) is 20.3. The van der Waals surface area contributed by atoms with E-state index < -0.39 is 5.82 Å². The summed E-state index contributed by atoms with van der Waals surface area (Å²) < 4.78 is 14.2. The molecule has 154 valence electrons. The largest absolute Gasteiger partial charge is 0.383 e. The average Bonchev–Trinajstić information content (AvgIpc) is 2.78. The van der Waals surface area contributed by atoms with E-state index in [1.165, 1.54) is 6.07 Å². The van der Waals surface area contributed by atoms with Crippen molar-refractivity contribution in [1.82, 2.24) is 19.9 Å². The Morgan fingerprint density at radius 1 is 0.903 bits per heavy atom. The topological polar surface area (TPSA) is 114 Å². The minimum absolute atomic E-state index is 0.00626. The normalized spacial score (nSPS) is 11.0. The summed E-state index contributed by atoms with van der Waals surface area (Å²) in [5.41, 5.74) is 7.88. The van der Waals surface area contributed by atoms with Gasteiger partial charge in [-0.25, -0.2) is 14.4 Å². The Labute approximate surface area is 182 Å². The van der Waals surface area contributed by atoms with Crippen LogP contribution in [0.5, 0.6) is 0 Å². The molecular weight excluding hydrogens is 419 g/mol. The number of aromatic nitrogens is 4. The lowest BCUT2D eigenvalue weighted by Gasteiger charge is -2.14. The number of nitrogens with two attached hydrogens (primary N) is 1. The van der Waals surface area contributed by atoms with Crippen LogP contribution in [0.1, 0.15) is 5.56 Å². The van der Waals surface area contributed by atoms with Crippen molar-refractivity contribution in [3.63, 3.8) is 0 Å². The van der Waals surface area contributed by atoms with Crippen molar-refractivity contribution in [1.29, 1.82) is 0 Å². The first-order valence-corrected chi connectivity index (χ1v) is 9.58. The maximum atomic E-state index is 14.2. The zero-order valence-electron chi connectivity index (χ0n) is 16.1. The van der Waals surface area contributed by atoms with Crippen LogP contribution >= 0.6 is 11.6 Å². The fraction of sp³-hybridized carbons (Fsp3) is 0.0476. The van der Waals surface area contributed by atoms with E-state index in [0.717, 1.165) is 5.56 Å². The first-order chi connectivity index (χ1) is 15.1. The minimum Gasteiger partial charge on any atom is -0.383 e. The highest BCUT2D eigenvalue weighted by Crippen LogP contribution is 2.33. The summed E-state index contributed by atoms with van der Waals surface area (Å²) in [6, 6.07) is 15.5. The first-order valence-electron chi connectivity index (χ1n) is 9.20. The molecule has 0 radical (unpaired) electrons. The predicted molar refractivity (Wildman–Crippen MR) is 117 cm³/mol. The lowest BCUT2D eigenvalue weighted by Crippen LogP contribution is -2.08. The van der Waals surface area contributed by atoms with Gasteiger partial charge in [-0.3, -0.25) is 0 Å². The van der Waals surface area contributed by atoms with Crippen LogP contribution in [0, 0.1) is 5.82 Å². The Morgan fingerprint density at radius 2 is 1.65 bits per heavy atom. The van der Waals surface area contributed by atoms with Gasteiger partial charge >= 0.3 is 0 Å². The fourth-order valence-electron chi connectivity index (χ4n) is 2.83. The Kier molecular flexibility index (Phi) is 6.04. The molecule has 2 aromatic carbocycles. The molecule has 2 heterocycles. The minimum atomic E-state index is -0.426. The molecule has 0 aliphatic heterocycles. The summed E-state index contributed by atoms with van der Waals surface area (Å²) in [6.45, 7) is 0.0835. The molecule has 3 N–H and O–H groups in total. The van der Waals surface area contributed by atoms with Crippen LogP contribution in [0.2, 0.25) is 5.02 Å². The lowest BCUT2D eigenvalue weighted by atomic mass is 10.1. The summed E-state index contributed by atoms with van der Waals surface area (Å²) >= 11 is 6.15. The predicted octanol–water partition coefficient (Wildman–Crippen LogP) is 5.34. The Balaban J connectivity index is 1.72. The fourth-order valence-corrected chi connectivity index (χ4v) is 3.06. The number of rotatable bonds is 6. The monoisotopic (exact) mass is 434 g/mol. The molecule has 0 aliphatic rings. The molecule has 0 fully saturated rings. The van der Waals surface area contributed by atoms with E-state index in [2.05, 4.69) is 35.5 Å². The van der Waals surface area contributed by atoms with Crippen molar-refractivity contribution in [2.24, 2.45) is 10.2 Å². The van der Waals surface area contributed by atoms with Crippen LogP contribution in [0.25, 0.3) is 11.1 Å². The molecule has 0 bridgehead atoms. The number of nitrogens with zero attached hydrogens (tertiary/aromatic N) is 6. The highest BCUT2D eigenvalue weighted by atomic mass is 35.5. The second-order valence-electron chi connectivity index (χ2n) is 6.30. The van der Waals surface area contributed by atoms with Gasteiger partial charge in [-0.05, 0) is 23.8 Å². The van der Waals surface area contributed by atoms with Crippen molar-refractivity contribution in [3.05, 3.63) is 83.4 Å². The molecule has 0 unspecified atom stereocenters. The number of hydrogen-bond donors (Lipinski definition) is 2. The van der Waals surface area contributed by atoms with Crippen LogP contribution in [0.15, 0.2) is 77.2 Å². The zero-order chi connectivity index (χ0) is 21.6. The standard InChI is InChI=1S/C21H16ClFN8/c22-15-8-4-9-16(23)14(15)12-27-19-17(13-6-2-1-3-7-13)18(24)28-21(29-19)31-30-20-25-10-5-11-26-20/h1-11H,12H2,(H3,24,27,28,29). The number of hydrogen-bond acceptors (Lipinski definition) is 8. The van der Waals surface area contributed by atoms with Gasteiger partial charge in [-0.2, -0.15) is 9.97 Å². The van der Waals surface area contributed by atoms with E-state index in [1.54, 1.807) is 30.6 Å². The van der Waals surface area contributed by atoms with E-state index in [9.17, 15) is 4.39 Å². The second kappa shape index (κ2) is 9.23. The molecular formula is C21H16ClFN8. The van der Waals surface area contributed by atoms with E-state index in [4.69, 9.17) is 17.3 Å². The van der Waals surface area contributed by atoms with E-state index in [1.807, 2.05) is 30.3 Å². The Morgan fingerprint density at radius 3 is 2.39 bits per heavy atom. The average molecular weight is 435 g/mol. The number of halogens is 2. The van der Waals surface area contributed by atoms with E-state index in [0.29, 0.717) is 22.0 Å². The van der Waals surface area contributed by atoms with Crippen LogP contribution in [-0.2, 0) is 6.54 Å². The van der Waals surface area contributed by atoms with Gasteiger partial charge in [0.15, 0.2) is 0 Å². The van der Waals surface area contributed by atoms with Crippen molar-refractivity contribution in [3.8, 4) is 11.1 Å². The van der Waals surface area contributed by atoms with Crippen molar-refractivity contribution >= 4 is 35.1 Å². The van der Waals surface area contributed by atoms with Gasteiger partial charge in [0, 0.05) is 29.5 Å². The van der Waals surface area contributed by atoms with E-state index >= 15 is 0 Å². The zero-order valence-corrected chi connectivity index (χ0v) is 16.8. The highest BCUT2D eigenvalue weighted by Gasteiger charge is 2.16. The van der Waals surface area contributed by atoms with Crippen LogP contribution < -0.4 is 11.1 Å². The van der Waals surface area contributed by atoms with Crippen LogP contribution in [0.4, 0.5) is 27.9 Å². The molecule has 10 heteroatoms. The number of azo groups is 1. The molecule has 0 aliphatic carbocycles. The van der Waals surface area contributed by atoms with Gasteiger partial charge in [0.25, 0.3) is 11.9 Å². The third kappa shape index (κ3) is 4.78. The summed E-state index contributed by atoms with van der Waals surface area (Å²) in [7, 11) is 0. The highest BCUT2D eigenvalue weighted by molar-refractivity contribution is 6.31. The second-order valence-corrected chi connectivity index (χ2v) is 6.71. The molecule has 0 amide bonds. The summed E-state index contributed by atoms with van der Waals surface area (Å²) in [5, 5.41) is 11.3. The number of nitrogens with one attached hydrogen (secondary N) is 1. The third-order valence-electron chi connectivity index (χ3n) is 4.26. The smallest absolute Gasteiger partial charge is 0.272 e. The lowest BCUT2D eigenvalue weighted by molar-refractivity contribution is 0.613. The van der Waals surface area contributed by atoms with Crippen molar-refractivity contribution in [2.45, 2.75) is 6.54 Å². The quantitative estimate of drug-likeness (QED) is 0.396. The maximum absolute atomic E-state index is 14.2. The van der Waals surface area contributed by atoms with Crippen molar-refractivity contribution < 1.29 is 4.39 Å². The molecule has 0 spiro atoms. The number of benzene rings is 2. The molecule has 0 atom stereocenters. The molecule has 0 saturated carbocycles. The van der Waals surface area contributed by atoms with E-state index in [-0.39, 0.29) is 24.3 Å². The molecule has 2 aromatic heterocycles. The van der Waals surface area contributed by atoms with Gasteiger partial charge in [0.2, 0.25) is 0 Å². The maximum Gasteiger partial charge on any atom is 0.272 e. The summed E-state index contributed by atoms with van der Waals surface area (Å²) in [5.74, 6) is 0.285.